The summed E-state index contributed by atoms with van der Waals surface area (Å²) in [5.41, 5.74) is 5.88. The molecule has 0 radical (unpaired) electrons. The van der Waals surface area contributed by atoms with Gasteiger partial charge in [0.1, 0.15) is 0 Å². The van der Waals surface area contributed by atoms with Crippen molar-refractivity contribution >= 4 is 21.7 Å². The summed E-state index contributed by atoms with van der Waals surface area (Å²) in [6, 6.07) is 8.08. The number of rotatable bonds is 13. The summed E-state index contributed by atoms with van der Waals surface area (Å²) in [5.74, 6) is -0.949. The van der Waals surface area contributed by atoms with Gasteiger partial charge in [-0.3, -0.25) is 9.59 Å². The van der Waals surface area contributed by atoms with Crippen molar-refractivity contribution in [3.63, 3.8) is 0 Å². The number of benzene rings is 1. The third-order valence-corrected chi connectivity index (χ3v) is 5.31. The van der Waals surface area contributed by atoms with Crippen LogP contribution in [-0.2, 0) is 25.2 Å². The molecule has 7 heteroatoms. The quantitative estimate of drug-likeness (QED) is 0.502. The van der Waals surface area contributed by atoms with Crippen LogP contribution in [0.15, 0.2) is 41.8 Å². The van der Waals surface area contributed by atoms with E-state index in [0.29, 0.717) is 12.0 Å². The molecule has 0 aliphatic rings. The summed E-state index contributed by atoms with van der Waals surface area (Å²) in [5, 5.41) is 3.74. The molecule has 1 rings (SSSR count). The van der Waals surface area contributed by atoms with Gasteiger partial charge in [0, 0.05) is 11.8 Å². The molecule has 2 amide bonds. The van der Waals surface area contributed by atoms with Crippen molar-refractivity contribution in [3.05, 3.63) is 47.4 Å². The minimum absolute atomic E-state index is 0.140. The van der Waals surface area contributed by atoms with E-state index in [1.807, 2.05) is 6.07 Å². The monoisotopic (exact) mass is 394 g/mol. The number of sulfone groups is 1. The van der Waals surface area contributed by atoms with Crippen molar-refractivity contribution < 1.29 is 18.0 Å². The molecule has 3 N–H and O–H groups in total. The van der Waals surface area contributed by atoms with Gasteiger partial charge < -0.3 is 11.1 Å². The molecule has 1 aromatic carbocycles. The predicted octanol–water partition coefficient (Wildman–Crippen LogP) is 2.84. The van der Waals surface area contributed by atoms with Crippen molar-refractivity contribution in [3.8, 4) is 0 Å². The van der Waals surface area contributed by atoms with E-state index in [1.54, 1.807) is 24.3 Å². The van der Waals surface area contributed by atoms with Crippen molar-refractivity contribution in [2.45, 2.75) is 63.7 Å². The normalized spacial score (nSPS) is 12.8. The lowest BCUT2D eigenvalue weighted by Gasteiger charge is -2.13. The summed E-state index contributed by atoms with van der Waals surface area (Å²) in [7, 11) is -3.51. The van der Waals surface area contributed by atoms with E-state index in [2.05, 4.69) is 12.2 Å². The van der Waals surface area contributed by atoms with Crippen LogP contribution >= 0.6 is 0 Å². The molecular weight excluding hydrogens is 364 g/mol. The second kappa shape index (κ2) is 12.3. The first-order chi connectivity index (χ1) is 12.8. The van der Waals surface area contributed by atoms with Crippen molar-refractivity contribution in [2.24, 2.45) is 5.73 Å². The molecule has 6 nitrogen and oxygen atoms in total. The van der Waals surface area contributed by atoms with Crippen LogP contribution in [-0.4, -0.2) is 26.3 Å². The molecule has 0 aliphatic heterocycles. The number of nitrogens with two attached hydrogens (primary N) is 1. The Labute approximate surface area is 162 Å². The lowest BCUT2D eigenvalue weighted by Crippen LogP contribution is -2.36. The highest BCUT2D eigenvalue weighted by atomic mass is 32.2. The SMILES string of the molecule is CCCCCCCC(=O)N[C@@H](/C=C/S(=O)(=O)Cc1ccccc1)CC(N)=O. The first kappa shape index (κ1) is 22.9. The van der Waals surface area contributed by atoms with E-state index in [1.165, 1.54) is 6.08 Å². The topological polar surface area (TPSA) is 106 Å². The van der Waals surface area contributed by atoms with Crippen molar-refractivity contribution in [1.29, 1.82) is 0 Å². The molecule has 0 aromatic heterocycles. The van der Waals surface area contributed by atoms with Crippen LogP contribution in [0.3, 0.4) is 0 Å². The van der Waals surface area contributed by atoms with Gasteiger partial charge in [-0.1, -0.05) is 69.0 Å². The summed E-state index contributed by atoms with van der Waals surface area (Å²) >= 11 is 0. The van der Waals surface area contributed by atoms with Gasteiger partial charge in [0.05, 0.1) is 18.2 Å². The van der Waals surface area contributed by atoms with Crippen molar-refractivity contribution in [2.75, 3.05) is 0 Å². The van der Waals surface area contributed by atoms with E-state index in [4.69, 9.17) is 5.73 Å². The Kier molecular flexibility index (Phi) is 10.4. The van der Waals surface area contributed by atoms with Crippen molar-refractivity contribution in [1.82, 2.24) is 5.32 Å². The summed E-state index contributed by atoms with van der Waals surface area (Å²) in [6.07, 6.45) is 6.66. The Morgan fingerprint density at radius 1 is 1.11 bits per heavy atom. The minimum atomic E-state index is -3.51. The number of nitrogens with one attached hydrogen (secondary N) is 1. The highest BCUT2D eigenvalue weighted by Crippen LogP contribution is 2.09. The molecule has 0 saturated heterocycles. The molecule has 0 bridgehead atoms. The fourth-order valence-corrected chi connectivity index (χ4v) is 3.80. The molecule has 0 saturated carbocycles. The van der Waals surface area contributed by atoms with Gasteiger partial charge in [0.2, 0.25) is 11.8 Å². The first-order valence-corrected chi connectivity index (χ1v) is 11.1. The lowest BCUT2D eigenvalue weighted by molar-refractivity contribution is -0.122. The van der Waals surface area contributed by atoms with E-state index < -0.39 is 21.8 Å². The van der Waals surface area contributed by atoms with Gasteiger partial charge in [-0.15, -0.1) is 0 Å². The second-order valence-corrected chi connectivity index (χ2v) is 8.52. The Hall–Kier alpha value is -2.15. The number of amides is 2. The smallest absolute Gasteiger partial charge is 0.220 e. The zero-order valence-corrected chi connectivity index (χ0v) is 16.7. The van der Waals surface area contributed by atoms with E-state index in [-0.39, 0.29) is 18.1 Å². The highest BCUT2D eigenvalue weighted by Gasteiger charge is 2.14. The number of hydrogen-bond acceptors (Lipinski definition) is 4. The maximum atomic E-state index is 12.2. The zero-order valence-electron chi connectivity index (χ0n) is 15.9. The fourth-order valence-electron chi connectivity index (χ4n) is 2.62. The number of carbonyl (C=O) groups is 2. The Morgan fingerprint density at radius 2 is 1.78 bits per heavy atom. The Morgan fingerprint density at radius 3 is 2.41 bits per heavy atom. The molecule has 0 heterocycles. The van der Waals surface area contributed by atoms with Gasteiger partial charge in [0.15, 0.2) is 9.84 Å². The molecule has 0 spiro atoms. The maximum absolute atomic E-state index is 12.2. The summed E-state index contributed by atoms with van der Waals surface area (Å²) in [4.78, 5) is 23.3. The second-order valence-electron chi connectivity index (χ2n) is 6.63. The molecule has 27 heavy (non-hydrogen) atoms. The third-order valence-electron chi connectivity index (χ3n) is 4.00. The van der Waals surface area contributed by atoms with Crippen LogP contribution in [0.5, 0.6) is 0 Å². The predicted molar refractivity (Wildman–Crippen MR) is 107 cm³/mol. The molecule has 0 fully saturated rings. The van der Waals surface area contributed by atoms with Gasteiger partial charge in [-0.25, -0.2) is 8.42 Å². The highest BCUT2D eigenvalue weighted by molar-refractivity contribution is 7.93. The number of unbranched alkanes of at least 4 members (excludes halogenated alkanes) is 4. The van der Waals surface area contributed by atoms with Gasteiger partial charge >= 0.3 is 0 Å². The van der Waals surface area contributed by atoms with Crippen LogP contribution in [0.4, 0.5) is 0 Å². The minimum Gasteiger partial charge on any atom is -0.370 e. The van der Waals surface area contributed by atoms with E-state index in [9.17, 15) is 18.0 Å². The van der Waals surface area contributed by atoms with E-state index in [0.717, 1.165) is 37.5 Å². The van der Waals surface area contributed by atoms with Crippen LogP contribution in [0.2, 0.25) is 0 Å². The Balaban J connectivity index is 2.61. The lowest BCUT2D eigenvalue weighted by atomic mass is 10.1. The Bertz CT molecular complexity index is 715. The zero-order chi connectivity index (χ0) is 20.1. The molecule has 0 aliphatic carbocycles. The van der Waals surface area contributed by atoms with Crippen LogP contribution in [0.1, 0.15) is 57.4 Å². The van der Waals surface area contributed by atoms with Gasteiger partial charge in [0.25, 0.3) is 0 Å². The molecule has 1 aromatic rings. The largest absolute Gasteiger partial charge is 0.370 e. The molecule has 150 valence electrons. The van der Waals surface area contributed by atoms with Crippen LogP contribution in [0.25, 0.3) is 0 Å². The fraction of sp³-hybridized carbons (Fsp3) is 0.500. The average molecular weight is 395 g/mol. The van der Waals surface area contributed by atoms with Gasteiger partial charge in [-0.2, -0.15) is 0 Å². The number of hydrogen-bond donors (Lipinski definition) is 2. The number of carbonyl (C=O) groups excluding carboxylic acids is 2. The van der Waals surface area contributed by atoms with E-state index >= 15 is 0 Å². The summed E-state index contributed by atoms with van der Waals surface area (Å²) in [6.45, 7) is 2.12. The van der Waals surface area contributed by atoms with Crippen LogP contribution < -0.4 is 11.1 Å². The molecular formula is C20H30N2O4S. The molecule has 1 atom stereocenters. The summed E-state index contributed by atoms with van der Waals surface area (Å²) < 4.78 is 24.5. The van der Waals surface area contributed by atoms with Crippen LogP contribution in [0, 0.1) is 0 Å². The third kappa shape index (κ3) is 11.2. The maximum Gasteiger partial charge on any atom is 0.220 e. The first-order valence-electron chi connectivity index (χ1n) is 9.35. The average Bonchev–Trinajstić information content (AvgIpc) is 2.59. The molecule has 0 unspecified atom stereocenters. The number of primary amides is 1. The standard InChI is InChI=1S/C20H30N2O4S/c1-2-3-4-5-9-12-20(24)22-18(15-19(21)23)13-14-27(25,26)16-17-10-7-6-8-11-17/h6-8,10-11,13-14,18H,2-5,9,12,15-16H2,1H3,(H2,21,23)(H,22,24)/b14-13+/t18-/m0/s1. The van der Waals surface area contributed by atoms with Gasteiger partial charge in [-0.05, 0) is 12.0 Å².